The van der Waals surface area contributed by atoms with Crippen LogP contribution in [-0.4, -0.2) is 29.7 Å². The maximum atomic E-state index is 13.5. The molecule has 2 aromatic carbocycles. The molecule has 1 N–H and O–H groups in total. The first-order valence-electron chi connectivity index (χ1n) is 11.3. The van der Waals surface area contributed by atoms with E-state index in [1.54, 1.807) is 12.1 Å². The summed E-state index contributed by atoms with van der Waals surface area (Å²) in [6, 6.07) is 14.1. The highest BCUT2D eigenvalue weighted by Crippen LogP contribution is 2.41. The Morgan fingerprint density at radius 1 is 1.09 bits per heavy atom. The molecule has 1 fully saturated rings. The molecule has 0 bridgehead atoms. The van der Waals surface area contributed by atoms with Crippen molar-refractivity contribution in [3.8, 4) is 5.88 Å². The van der Waals surface area contributed by atoms with Crippen LogP contribution in [0.4, 0.5) is 0 Å². The Bertz CT molecular complexity index is 1360. The Balaban J connectivity index is 1.65. The molecule has 1 heterocycles. The van der Waals surface area contributed by atoms with E-state index in [4.69, 9.17) is 4.74 Å². The topological polar surface area (TPSA) is 98.5 Å². The van der Waals surface area contributed by atoms with Crippen LogP contribution < -0.4 is 5.56 Å². The molecule has 0 aliphatic heterocycles. The van der Waals surface area contributed by atoms with Crippen molar-refractivity contribution in [3.63, 3.8) is 0 Å². The molecule has 3 aromatic rings. The molecule has 172 valence electrons. The van der Waals surface area contributed by atoms with Crippen molar-refractivity contribution in [3.05, 3.63) is 81.4 Å². The average molecular weight is 467 g/mol. The zero-order valence-electron chi connectivity index (χ0n) is 18.4. The fraction of sp³-hybridized carbons (Fsp3) is 0.360. The number of aryl methyl sites for hydroxylation is 1. The lowest BCUT2D eigenvalue weighted by Crippen LogP contribution is -2.27. The molecular formula is C25H26N2O5S. The summed E-state index contributed by atoms with van der Waals surface area (Å²) in [5.74, 6) is 0.107. The molecule has 0 amide bonds. The standard InChI is InChI=1S/C25H26N2O5S/c1-2-32-15-22-26-24(28)23(33(30,31)19-12-9-17(10-13-19)16-7-8-16)25(29)27(22)21-14-11-18-5-3-4-6-20(18)21/h3-6,9-10,12-13,16,21,29H,2,7-8,11,14-15H2,1H3/t21-/m0/s1. The summed E-state index contributed by atoms with van der Waals surface area (Å²) in [6.45, 7) is 2.21. The smallest absolute Gasteiger partial charge is 0.296 e. The minimum absolute atomic E-state index is 0.00558. The molecule has 33 heavy (non-hydrogen) atoms. The molecule has 8 heteroatoms. The van der Waals surface area contributed by atoms with Crippen LogP contribution in [0.5, 0.6) is 5.88 Å². The van der Waals surface area contributed by atoms with Crippen LogP contribution >= 0.6 is 0 Å². The second-order valence-electron chi connectivity index (χ2n) is 8.59. The number of sulfone groups is 1. The number of ether oxygens (including phenoxy) is 1. The Kier molecular flexibility index (Phi) is 5.58. The van der Waals surface area contributed by atoms with Crippen molar-refractivity contribution >= 4 is 9.84 Å². The molecule has 0 radical (unpaired) electrons. The Labute approximate surface area is 192 Å². The summed E-state index contributed by atoms with van der Waals surface area (Å²) in [5.41, 5.74) is 2.22. The van der Waals surface area contributed by atoms with Gasteiger partial charge in [-0.15, -0.1) is 0 Å². The van der Waals surface area contributed by atoms with Gasteiger partial charge in [0, 0.05) is 6.61 Å². The predicted octanol–water partition coefficient (Wildman–Crippen LogP) is 3.73. The minimum atomic E-state index is -4.28. The zero-order chi connectivity index (χ0) is 23.2. The van der Waals surface area contributed by atoms with Gasteiger partial charge in [0.1, 0.15) is 12.4 Å². The largest absolute Gasteiger partial charge is 0.493 e. The second kappa shape index (κ2) is 8.43. The zero-order valence-corrected chi connectivity index (χ0v) is 19.2. The lowest BCUT2D eigenvalue weighted by Gasteiger charge is -2.23. The van der Waals surface area contributed by atoms with Gasteiger partial charge in [-0.25, -0.2) is 8.42 Å². The molecule has 1 aromatic heterocycles. The van der Waals surface area contributed by atoms with Gasteiger partial charge in [0.25, 0.3) is 5.56 Å². The summed E-state index contributed by atoms with van der Waals surface area (Å²) < 4.78 is 33.9. The van der Waals surface area contributed by atoms with Gasteiger partial charge in [0.2, 0.25) is 15.7 Å². The molecule has 2 aliphatic carbocycles. The number of aromatic hydroxyl groups is 1. The number of benzene rings is 2. The molecule has 5 rings (SSSR count). The average Bonchev–Trinajstić information content (AvgIpc) is 3.58. The third-order valence-corrected chi connectivity index (χ3v) is 8.28. The maximum Gasteiger partial charge on any atom is 0.296 e. The molecule has 7 nitrogen and oxygen atoms in total. The van der Waals surface area contributed by atoms with E-state index in [1.807, 2.05) is 31.2 Å². The molecule has 0 unspecified atom stereocenters. The second-order valence-corrected chi connectivity index (χ2v) is 10.5. The van der Waals surface area contributed by atoms with Crippen LogP contribution in [0.25, 0.3) is 0 Å². The summed E-state index contributed by atoms with van der Waals surface area (Å²) >= 11 is 0. The normalized spacial score (nSPS) is 17.8. The van der Waals surface area contributed by atoms with Crippen LogP contribution in [-0.2, 0) is 27.6 Å². The predicted molar refractivity (Wildman–Crippen MR) is 122 cm³/mol. The number of hydrogen-bond donors (Lipinski definition) is 1. The summed E-state index contributed by atoms with van der Waals surface area (Å²) in [7, 11) is -4.28. The van der Waals surface area contributed by atoms with Gasteiger partial charge in [-0.05, 0) is 67.3 Å². The van der Waals surface area contributed by atoms with Gasteiger partial charge in [-0.3, -0.25) is 9.36 Å². The van der Waals surface area contributed by atoms with E-state index < -0.39 is 26.2 Å². The SMILES string of the molecule is CCOCc1nc(=O)c(S(=O)(=O)c2ccc(C3CC3)cc2)c(O)n1[C@H]1CCc2ccccc21. The molecule has 1 atom stereocenters. The van der Waals surface area contributed by atoms with Crippen molar-refractivity contribution in [1.82, 2.24) is 9.55 Å². The van der Waals surface area contributed by atoms with E-state index in [-0.39, 0.29) is 23.4 Å². The lowest BCUT2D eigenvalue weighted by molar-refractivity contribution is 0.121. The van der Waals surface area contributed by atoms with Crippen LogP contribution in [0, 0.1) is 0 Å². The van der Waals surface area contributed by atoms with E-state index in [0.717, 1.165) is 36.0 Å². The first-order valence-corrected chi connectivity index (χ1v) is 12.7. The summed E-state index contributed by atoms with van der Waals surface area (Å²) in [6.07, 6.45) is 3.65. The highest BCUT2D eigenvalue weighted by molar-refractivity contribution is 7.91. The van der Waals surface area contributed by atoms with Crippen LogP contribution in [0.3, 0.4) is 0 Å². The quantitative estimate of drug-likeness (QED) is 0.570. The molecule has 2 aliphatic rings. The third-order valence-electron chi connectivity index (χ3n) is 6.49. The highest BCUT2D eigenvalue weighted by atomic mass is 32.2. The monoisotopic (exact) mass is 466 g/mol. The third kappa shape index (κ3) is 3.87. The molecule has 0 saturated heterocycles. The van der Waals surface area contributed by atoms with Gasteiger partial charge in [0.15, 0.2) is 4.90 Å². The van der Waals surface area contributed by atoms with E-state index in [2.05, 4.69) is 4.98 Å². The summed E-state index contributed by atoms with van der Waals surface area (Å²) in [5, 5.41) is 11.3. The Morgan fingerprint density at radius 2 is 1.82 bits per heavy atom. The van der Waals surface area contributed by atoms with Crippen LogP contribution in [0.2, 0.25) is 0 Å². The fourth-order valence-corrected chi connectivity index (χ4v) is 6.01. The fourth-order valence-electron chi connectivity index (χ4n) is 4.66. The van der Waals surface area contributed by atoms with E-state index >= 15 is 0 Å². The number of rotatable bonds is 7. The van der Waals surface area contributed by atoms with Gasteiger partial charge < -0.3 is 9.84 Å². The molecule has 1 saturated carbocycles. The van der Waals surface area contributed by atoms with Crippen LogP contribution in [0.1, 0.15) is 60.7 Å². The first kappa shape index (κ1) is 21.9. The Hall–Kier alpha value is -2.97. The van der Waals surface area contributed by atoms with Gasteiger partial charge >= 0.3 is 0 Å². The van der Waals surface area contributed by atoms with Gasteiger partial charge in [-0.2, -0.15) is 4.98 Å². The molecule has 0 spiro atoms. The first-order chi connectivity index (χ1) is 15.9. The van der Waals surface area contributed by atoms with Crippen molar-refractivity contribution < 1.29 is 18.3 Å². The van der Waals surface area contributed by atoms with Crippen molar-refractivity contribution in [2.75, 3.05) is 6.61 Å². The van der Waals surface area contributed by atoms with Crippen molar-refractivity contribution in [1.29, 1.82) is 0 Å². The number of aromatic nitrogens is 2. The van der Waals surface area contributed by atoms with Crippen molar-refractivity contribution in [2.24, 2.45) is 0 Å². The minimum Gasteiger partial charge on any atom is -0.493 e. The highest BCUT2D eigenvalue weighted by Gasteiger charge is 2.34. The van der Waals surface area contributed by atoms with Gasteiger partial charge in [0.05, 0.1) is 10.9 Å². The molecular weight excluding hydrogens is 440 g/mol. The van der Waals surface area contributed by atoms with Crippen molar-refractivity contribution in [2.45, 2.75) is 61.0 Å². The number of fused-ring (bicyclic) bond motifs is 1. The van der Waals surface area contributed by atoms with Gasteiger partial charge in [-0.1, -0.05) is 36.4 Å². The lowest BCUT2D eigenvalue weighted by atomic mass is 10.1. The van der Waals surface area contributed by atoms with E-state index in [9.17, 15) is 18.3 Å². The number of hydrogen-bond acceptors (Lipinski definition) is 6. The van der Waals surface area contributed by atoms with E-state index in [0.29, 0.717) is 18.9 Å². The van der Waals surface area contributed by atoms with Crippen LogP contribution in [0.15, 0.2) is 63.1 Å². The maximum absolute atomic E-state index is 13.5. The van der Waals surface area contributed by atoms with E-state index in [1.165, 1.54) is 16.7 Å². The number of nitrogens with zero attached hydrogens (tertiary/aromatic N) is 2. The summed E-state index contributed by atoms with van der Waals surface area (Å²) in [4.78, 5) is 16.3. The Morgan fingerprint density at radius 3 is 2.52 bits per heavy atom.